The normalized spacial score (nSPS) is 7.33. The van der Waals surface area contributed by atoms with Crippen LogP contribution >= 0.6 is 0 Å². The summed E-state index contributed by atoms with van der Waals surface area (Å²) in [5, 5.41) is 2.66. The van der Waals surface area contributed by atoms with Crippen LogP contribution in [0.15, 0.2) is 67.0 Å². The third kappa shape index (κ3) is 6.95. The second-order valence-corrected chi connectivity index (χ2v) is 3.04. The number of benzene rings is 1. The van der Waals surface area contributed by atoms with Crippen molar-refractivity contribution in [3.63, 3.8) is 0 Å². The average Bonchev–Trinajstić information content (AvgIpc) is 2.92. The maximum atomic E-state index is 2.86. The van der Waals surface area contributed by atoms with E-state index in [-0.39, 0.29) is 52.7 Å². The van der Waals surface area contributed by atoms with Crippen LogP contribution in [-0.2, 0) is 21.7 Å². The molecule has 3 rings (SSSR count). The van der Waals surface area contributed by atoms with Crippen LogP contribution in [0.4, 0.5) is 0 Å². The summed E-state index contributed by atoms with van der Waals surface area (Å²) in [5.41, 5.74) is 0. The summed E-state index contributed by atoms with van der Waals surface area (Å²) in [7, 11) is 0. The molecule has 94 valence electrons. The SMILES string of the molecule is [Cl-].[Cl-].[NH2-].[Ti+4].c1cc[nH]c1.c1ccc2[cH-]ccc2c1. The Labute approximate surface area is 135 Å². The van der Waals surface area contributed by atoms with E-state index in [9.17, 15) is 0 Å². The van der Waals surface area contributed by atoms with Gasteiger partial charge in [-0.1, -0.05) is 6.07 Å². The Balaban J connectivity index is -0.000000224. The van der Waals surface area contributed by atoms with Crippen molar-refractivity contribution in [3.8, 4) is 0 Å². The van der Waals surface area contributed by atoms with Crippen LogP contribution in [-0.4, -0.2) is 4.98 Å². The largest absolute Gasteiger partial charge is 4.00 e. The minimum Gasteiger partial charge on any atom is -1.00 e. The van der Waals surface area contributed by atoms with Gasteiger partial charge in [-0.15, -0.1) is 29.7 Å². The minimum atomic E-state index is 0. The van der Waals surface area contributed by atoms with E-state index >= 15 is 0 Å². The molecule has 0 radical (unpaired) electrons. The monoisotopic (exact) mass is 316 g/mol. The molecule has 0 unspecified atom stereocenters. The molecule has 2 nitrogen and oxygen atoms in total. The van der Waals surface area contributed by atoms with Gasteiger partial charge in [0.1, 0.15) is 0 Å². The number of aromatic nitrogens is 1. The van der Waals surface area contributed by atoms with Gasteiger partial charge >= 0.3 is 21.7 Å². The Kier molecular flexibility index (Phi) is 16.0. The zero-order valence-electron chi connectivity index (χ0n) is 9.68. The molecule has 0 atom stereocenters. The van der Waals surface area contributed by atoms with Gasteiger partial charge in [0.15, 0.2) is 0 Å². The van der Waals surface area contributed by atoms with Gasteiger partial charge in [0.2, 0.25) is 0 Å². The predicted molar refractivity (Wildman–Crippen MR) is 65.6 cm³/mol. The van der Waals surface area contributed by atoms with Crippen LogP contribution in [0.25, 0.3) is 16.9 Å². The third-order valence-electron chi connectivity index (χ3n) is 2.04. The van der Waals surface area contributed by atoms with E-state index in [4.69, 9.17) is 0 Å². The molecule has 1 aromatic heterocycles. The Bertz CT molecular complexity index is 433. The summed E-state index contributed by atoms with van der Waals surface area (Å²) in [6.07, 6.45) is 3.75. The molecule has 3 aromatic rings. The van der Waals surface area contributed by atoms with E-state index in [1.165, 1.54) is 10.8 Å². The van der Waals surface area contributed by atoms with Crippen molar-refractivity contribution >= 4 is 10.8 Å². The van der Waals surface area contributed by atoms with Crippen LogP contribution < -0.4 is 24.8 Å². The van der Waals surface area contributed by atoms with E-state index in [1.807, 2.05) is 24.5 Å². The molecule has 1 heterocycles. The molecule has 0 spiro atoms. The standard InChI is InChI=1S/C9H7.C4H5N.2ClH.H2N.Ti/c1-2-5-9-7-3-6-8(9)4-1;1-2-4-5-3-1;;;;/h1-7H;1-5H;2*1H;1H2;/q-1;;;;-1;+4/p-2. The molecule has 18 heavy (non-hydrogen) atoms. The number of fused-ring (bicyclic) bond motifs is 1. The average molecular weight is 317 g/mol. The number of hydrogen-bond donors (Lipinski definition) is 1. The number of hydrogen-bond acceptors (Lipinski definition) is 0. The van der Waals surface area contributed by atoms with Gasteiger partial charge in [0, 0.05) is 12.4 Å². The van der Waals surface area contributed by atoms with Gasteiger partial charge in [-0.25, -0.2) is 0 Å². The van der Waals surface area contributed by atoms with Crippen LogP contribution in [0.1, 0.15) is 0 Å². The molecule has 0 amide bonds. The number of aromatic amines is 1. The molecule has 5 heteroatoms. The van der Waals surface area contributed by atoms with E-state index in [2.05, 4.69) is 47.4 Å². The number of nitrogens with one attached hydrogen (secondary N) is 1. The first kappa shape index (κ1) is 22.5. The summed E-state index contributed by atoms with van der Waals surface area (Å²) in [5.74, 6) is 0. The molecule has 0 aliphatic carbocycles. The molecule has 0 aliphatic rings. The quantitative estimate of drug-likeness (QED) is 0.380. The summed E-state index contributed by atoms with van der Waals surface area (Å²) in [6.45, 7) is 0. The van der Waals surface area contributed by atoms with E-state index < -0.39 is 0 Å². The van der Waals surface area contributed by atoms with Crippen molar-refractivity contribution in [1.29, 1.82) is 0 Å². The summed E-state index contributed by atoms with van der Waals surface area (Å²) in [4.78, 5) is 2.86. The van der Waals surface area contributed by atoms with E-state index in [0.29, 0.717) is 0 Å². The second-order valence-electron chi connectivity index (χ2n) is 3.04. The van der Waals surface area contributed by atoms with Crippen molar-refractivity contribution in [2.45, 2.75) is 0 Å². The molecule has 2 aromatic carbocycles. The zero-order chi connectivity index (χ0) is 9.64. The van der Waals surface area contributed by atoms with Crippen molar-refractivity contribution in [2.24, 2.45) is 0 Å². The first-order valence-electron chi connectivity index (χ1n) is 4.65. The first-order valence-corrected chi connectivity index (χ1v) is 4.65. The maximum absolute atomic E-state index is 2.86. The first-order chi connectivity index (χ1) is 6.97. The van der Waals surface area contributed by atoms with Crippen molar-refractivity contribution < 1.29 is 46.5 Å². The van der Waals surface area contributed by atoms with Gasteiger partial charge in [-0.3, -0.25) is 0 Å². The Morgan fingerprint density at radius 1 is 0.833 bits per heavy atom. The number of halogens is 2. The van der Waals surface area contributed by atoms with Crippen molar-refractivity contribution in [3.05, 3.63) is 73.1 Å². The van der Waals surface area contributed by atoms with Crippen LogP contribution in [0.3, 0.4) is 0 Å². The second kappa shape index (κ2) is 12.8. The molecular formula is C13H14Cl2N2Ti. The Morgan fingerprint density at radius 3 is 1.94 bits per heavy atom. The van der Waals surface area contributed by atoms with E-state index in [0.717, 1.165) is 0 Å². The molecule has 0 saturated heterocycles. The predicted octanol–water partition coefficient (Wildman–Crippen LogP) is -1.70. The topological polar surface area (TPSA) is 49.3 Å². The Hall–Kier alpha value is -0.636. The molecule has 0 saturated carbocycles. The van der Waals surface area contributed by atoms with E-state index in [1.54, 1.807) is 0 Å². The molecular weight excluding hydrogens is 303 g/mol. The minimum absolute atomic E-state index is 0. The smallest absolute Gasteiger partial charge is 1.00 e. The van der Waals surface area contributed by atoms with Gasteiger partial charge < -0.3 is 35.9 Å². The number of rotatable bonds is 0. The summed E-state index contributed by atoms with van der Waals surface area (Å²) < 4.78 is 0. The fourth-order valence-corrected chi connectivity index (χ4v) is 1.35. The van der Waals surface area contributed by atoms with Gasteiger partial charge in [0.25, 0.3) is 0 Å². The van der Waals surface area contributed by atoms with Crippen molar-refractivity contribution in [1.82, 2.24) is 4.98 Å². The summed E-state index contributed by atoms with van der Waals surface area (Å²) >= 11 is 0. The fourth-order valence-electron chi connectivity index (χ4n) is 1.35. The maximum Gasteiger partial charge on any atom is 4.00 e. The van der Waals surface area contributed by atoms with Crippen LogP contribution in [0.2, 0.25) is 0 Å². The molecule has 3 N–H and O–H groups in total. The zero-order valence-corrected chi connectivity index (χ0v) is 12.8. The summed E-state index contributed by atoms with van der Waals surface area (Å²) in [6, 6.07) is 18.6. The molecule has 0 fully saturated rings. The van der Waals surface area contributed by atoms with Crippen LogP contribution in [0.5, 0.6) is 0 Å². The fraction of sp³-hybridized carbons (Fsp3) is 0. The third-order valence-corrected chi connectivity index (χ3v) is 2.04. The van der Waals surface area contributed by atoms with Gasteiger partial charge in [-0.2, -0.15) is 17.5 Å². The van der Waals surface area contributed by atoms with Gasteiger partial charge in [0.05, 0.1) is 0 Å². The van der Waals surface area contributed by atoms with Crippen LogP contribution in [0, 0.1) is 0 Å². The number of nitrogens with two attached hydrogens (primary N) is 1. The Morgan fingerprint density at radius 2 is 1.44 bits per heavy atom. The van der Waals surface area contributed by atoms with Crippen molar-refractivity contribution in [2.75, 3.05) is 0 Å². The molecule has 0 aliphatic heterocycles. The molecule has 0 bridgehead atoms. The number of H-pyrrole nitrogens is 1. The van der Waals surface area contributed by atoms with Gasteiger partial charge in [-0.05, 0) is 12.1 Å².